The van der Waals surface area contributed by atoms with E-state index in [-0.39, 0.29) is 17.2 Å². The molecule has 1 aliphatic rings. The number of rotatable bonds is 7. The van der Waals surface area contributed by atoms with Crippen LogP contribution in [0.1, 0.15) is 52.6 Å². The topological polar surface area (TPSA) is 76.7 Å². The van der Waals surface area contributed by atoms with Crippen molar-refractivity contribution in [3.63, 3.8) is 0 Å². The fourth-order valence-corrected chi connectivity index (χ4v) is 4.16. The highest BCUT2D eigenvalue weighted by Crippen LogP contribution is 2.32. The van der Waals surface area contributed by atoms with Gasteiger partial charge in [0.25, 0.3) is 5.91 Å². The Morgan fingerprint density at radius 3 is 2.29 bits per heavy atom. The zero-order valence-corrected chi connectivity index (χ0v) is 20.5. The van der Waals surface area contributed by atoms with Crippen molar-refractivity contribution < 1.29 is 19.1 Å². The van der Waals surface area contributed by atoms with E-state index in [9.17, 15) is 9.59 Å². The molecule has 6 heteroatoms. The molecule has 0 aromatic heterocycles. The summed E-state index contributed by atoms with van der Waals surface area (Å²) in [6.45, 7) is 6.70. The molecule has 35 heavy (non-hydrogen) atoms. The van der Waals surface area contributed by atoms with Crippen LogP contribution >= 0.6 is 0 Å². The van der Waals surface area contributed by atoms with Crippen LogP contribution in [-0.2, 0) is 6.42 Å². The number of allylic oxidation sites excluding steroid dienone is 1. The maximum Gasteiger partial charge on any atom is 0.255 e. The molecule has 3 aromatic rings. The first-order valence-electron chi connectivity index (χ1n) is 11.6. The van der Waals surface area contributed by atoms with Gasteiger partial charge in [-0.3, -0.25) is 9.59 Å². The number of carbonyl (C=O) groups excluding carboxylic acids is 2. The Kier molecular flexibility index (Phi) is 6.92. The Morgan fingerprint density at radius 1 is 0.971 bits per heavy atom. The van der Waals surface area contributed by atoms with Gasteiger partial charge >= 0.3 is 0 Å². The van der Waals surface area contributed by atoms with Crippen molar-refractivity contribution in [1.29, 1.82) is 0 Å². The summed E-state index contributed by atoms with van der Waals surface area (Å²) in [6, 6.07) is 19.8. The lowest BCUT2D eigenvalue weighted by atomic mass is 9.85. The molecule has 4 rings (SSSR count). The standard InChI is InChI=1S/C29H30N2O4/c1-5-35-23-13-8-20(9-14-23)28(33)30-22-11-6-19(7-12-22)27(32)17-26-25-16-24(34-4)15-10-21(25)18-29(2,3)31-26/h6-17,31H,5,18H2,1-4H3,(H,30,33)/b26-17-. The highest BCUT2D eigenvalue weighted by Gasteiger charge is 2.28. The molecular weight excluding hydrogens is 440 g/mol. The Bertz CT molecular complexity index is 1260. The van der Waals surface area contributed by atoms with E-state index in [1.807, 2.05) is 19.1 Å². The number of anilines is 1. The molecule has 0 spiro atoms. The van der Waals surface area contributed by atoms with E-state index in [1.54, 1.807) is 61.7 Å². The van der Waals surface area contributed by atoms with E-state index in [0.717, 1.165) is 29.2 Å². The van der Waals surface area contributed by atoms with Crippen molar-refractivity contribution >= 4 is 23.1 Å². The fourth-order valence-electron chi connectivity index (χ4n) is 4.16. The average Bonchev–Trinajstić information content (AvgIpc) is 2.84. The molecule has 0 saturated carbocycles. The molecule has 3 aromatic carbocycles. The van der Waals surface area contributed by atoms with Gasteiger partial charge < -0.3 is 20.1 Å². The molecule has 0 bridgehead atoms. The largest absolute Gasteiger partial charge is 0.497 e. The maximum atomic E-state index is 13.1. The molecule has 0 atom stereocenters. The van der Waals surface area contributed by atoms with Gasteiger partial charge in [0.15, 0.2) is 5.78 Å². The molecule has 0 aliphatic carbocycles. The third kappa shape index (κ3) is 5.72. The molecule has 1 aliphatic heterocycles. The Morgan fingerprint density at radius 2 is 1.63 bits per heavy atom. The van der Waals surface area contributed by atoms with Gasteiger partial charge in [-0.2, -0.15) is 0 Å². The van der Waals surface area contributed by atoms with Gasteiger partial charge in [-0.1, -0.05) is 6.07 Å². The highest BCUT2D eigenvalue weighted by molar-refractivity contribution is 6.09. The zero-order chi connectivity index (χ0) is 25.0. The monoisotopic (exact) mass is 470 g/mol. The number of fused-ring (bicyclic) bond motifs is 1. The Hall–Kier alpha value is -4.06. The van der Waals surface area contributed by atoms with Gasteiger partial charge in [-0.05, 0) is 93.4 Å². The molecule has 0 unspecified atom stereocenters. The van der Waals surface area contributed by atoms with E-state index < -0.39 is 0 Å². The molecule has 1 heterocycles. The fraction of sp³-hybridized carbons (Fsp3) is 0.241. The number of ether oxygens (including phenoxy) is 2. The number of carbonyl (C=O) groups is 2. The number of hydrogen-bond donors (Lipinski definition) is 2. The minimum atomic E-state index is -0.228. The van der Waals surface area contributed by atoms with E-state index in [0.29, 0.717) is 23.4 Å². The third-order valence-electron chi connectivity index (χ3n) is 5.84. The summed E-state index contributed by atoms with van der Waals surface area (Å²) in [5.41, 5.74) is 4.40. The Labute approximate surface area is 206 Å². The number of methoxy groups -OCH3 is 1. The minimum Gasteiger partial charge on any atom is -0.497 e. The first-order chi connectivity index (χ1) is 16.8. The van der Waals surface area contributed by atoms with Gasteiger partial charge in [0.1, 0.15) is 11.5 Å². The lowest BCUT2D eigenvalue weighted by Gasteiger charge is -2.35. The van der Waals surface area contributed by atoms with Crippen LogP contribution in [0.4, 0.5) is 5.69 Å². The number of hydrogen-bond acceptors (Lipinski definition) is 5. The number of amides is 1. The SMILES string of the molecule is CCOc1ccc(C(=O)Nc2ccc(C(=O)/C=C3\NC(C)(C)Cc4ccc(OC)cc43)cc2)cc1. The normalized spacial score (nSPS) is 15.0. The second-order valence-corrected chi connectivity index (χ2v) is 9.12. The quantitative estimate of drug-likeness (QED) is 0.353. The van der Waals surface area contributed by atoms with E-state index >= 15 is 0 Å². The Balaban J connectivity index is 1.50. The van der Waals surface area contributed by atoms with Crippen LogP contribution < -0.4 is 20.1 Å². The summed E-state index contributed by atoms with van der Waals surface area (Å²) in [5, 5.41) is 6.35. The van der Waals surface area contributed by atoms with Crippen LogP contribution in [0.25, 0.3) is 5.70 Å². The average molecular weight is 471 g/mol. The second kappa shape index (κ2) is 10.1. The van der Waals surface area contributed by atoms with Crippen molar-refractivity contribution in [2.75, 3.05) is 19.0 Å². The van der Waals surface area contributed by atoms with Gasteiger partial charge in [0.05, 0.1) is 13.7 Å². The summed E-state index contributed by atoms with van der Waals surface area (Å²) in [7, 11) is 1.63. The molecule has 2 N–H and O–H groups in total. The molecule has 0 saturated heterocycles. The van der Waals surface area contributed by atoms with Crippen molar-refractivity contribution in [3.8, 4) is 11.5 Å². The van der Waals surface area contributed by atoms with Crippen LogP contribution in [0.5, 0.6) is 11.5 Å². The van der Waals surface area contributed by atoms with Crippen LogP contribution in [0, 0.1) is 0 Å². The van der Waals surface area contributed by atoms with Crippen molar-refractivity contribution in [2.24, 2.45) is 0 Å². The number of benzene rings is 3. The lowest BCUT2D eigenvalue weighted by molar-refractivity contribution is 0.102. The van der Waals surface area contributed by atoms with E-state index in [2.05, 4.69) is 30.5 Å². The predicted octanol–water partition coefficient (Wildman–Crippen LogP) is 5.49. The molecule has 180 valence electrons. The second-order valence-electron chi connectivity index (χ2n) is 9.12. The summed E-state index contributed by atoms with van der Waals surface area (Å²) in [6.07, 6.45) is 2.48. The minimum absolute atomic E-state index is 0.122. The van der Waals surface area contributed by atoms with Crippen LogP contribution in [0.3, 0.4) is 0 Å². The lowest BCUT2D eigenvalue weighted by Crippen LogP contribution is -2.43. The highest BCUT2D eigenvalue weighted by atomic mass is 16.5. The van der Waals surface area contributed by atoms with Gasteiger partial charge in [0, 0.05) is 39.7 Å². The molecule has 1 amide bonds. The van der Waals surface area contributed by atoms with Crippen molar-refractivity contribution in [3.05, 3.63) is 95.1 Å². The predicted molar refractivity (Wildman–Crippen MR) is 138 cm³/mol. The first kappa shape index (κ1) is 24.1. The third-order valence-corrected chi connectivity index (χ3v) is 5.84. The first-order valence-corrected chi connectivity index (χ1v) is 11.6. The summed E-state index contributed by atoms with van der Waals surface area (Å²) in [4.78, 5) is 25.6. The van der Waals surface area contributed by atoms with E-state index in [4.69, 9.17) is 9.47 Å². The van der Waals surface area contributed by atoms with Gasteiger partial charge in [-0.15, -0.1) is 0 Å². The number of ketones is 1. The molecule has 6 nitrogen and oxygen atoms in total. The molecule has 0 radical (unpaired) electrons. The summed E-state index contributed by atoms with van der Waals surface area (Å²) in [5.74, 6) is 1.12. The van der Waals surface area contributed by atoms with Crippen molar-refractivity contribution in [2.45, 2.75) is 32.7 Å². The van der Waals surface area contributed by atoms with Crippen LogP contribution in [-0.4, -0.2) is 30.9 Å². The van der Waals surface area contributed by atoms with Crippen LogP contribution in [0.2, 0.25) is 0 Å². The maximum absolute atomic E-state index is 13.1. The summed E-state index contributed by atoms with van der Waals surface area (Å²) >= 11 is 0. The zero-order valence-electron chi connectivity index (χ0n) is 20.5. The van der Waals surface area contributed by atoms with Crippen LogP contribution in [0.15, 0.2) is 72.8 Å². The number of nitrogens with one attached hydrogen (secondary N) is 2. The smallest absolute Gasteiger partial charge is 0.255 e. The molecular formula is C29H30N2O4. The van der Waals surface area contributed by atoms with Gasteiger partial charge in [0.2, 0.25) is 0 Å². The van der Waals surface area contributed by atoms with Gasteiger partial charge in [-0.25, -0.2) is 0 Å². The molecule has 0 fully saturated rings. The van der Waals surface area contributed by atoms with E-state index in [1.165, 1.54) is 5.56 Å². The summed E-state index contributed by atoms with van der Waals surface area (Å²) < 4.78 is 10.8. The van der Waals surface area contributed by atoms with Crippen molar-refractivity contribution in [1.82, 2.24) is 5.32 Å².